The zero-order chi connectivity index (χ0) is 39.1. The van der Waals surface area contributed by atoms with Crippen LogP contribution in [0.3, 0.4) is 0 Å². The van der Waals surface area contributed by atoms with Crippen LogP contribution in [0.4, 0.5) is 0 Å². The van der Waals surface area contributed by atoms with Gasteiger partial charge in [0.25, 0.3) is 0 Å². The van der Waals surface area contributed by atoms with E-state index in [1.165, 1.54) is 11.1 Å². The van der Waals surface area contributed by atoms with E-state index in [1.807, 2.05) is 30.3 Å². The Labute approximate surface area is 341 Å². The lowest BCUT2D eigenvalue weighted by molar-refractivity contribution is 0.670. The molecule has 0 fully saturated rings. The van der Waals surface area contributed by atoms with Crippen molar-refractivity contribution in [3.8, 4) is 78.7 Å². The highest BCUT2D eigenvalue weighted by molar-refractivity contribution is 6.15. The summed E-state index contributed by atoms with van der Waals surface area (Å²) in [5.74, 6) is 1.79. The monoisotopic (exact) mass is 753 g/mol. The Morgan fingerprint density at radius 2 is 0.763 bits per heavy atom. The van der Waals surface area contributed by atoms with Crippen LogP contribution in [0.5, 0.6) is 0 Å². The van der Waals surface area contributed by atoms with Crippen LogP contribution in [0.15, 0.2) is 217 Å². The van der Waals surface area contributed by atoms with Crippen LogP contribution < -0.4 is 0 Å². The molecule has 0 spiro atoms. The van der Waals surface area contributed by atoms with Crippen LogP contribution in [0, 0.1) is 0 Å². The lowest BCUT2D eigenvalue weighted by Crippen LogP contribution is -2.00. The molecular formula is C55H35N3O. The molecular weight excluding hydrogens is 719 g/mol. The molecule has 0 unspecified atom stereocenters. The van der Waals surface area contributed by atoms with Gasteiger partial charge in [-0.1, -0.05) is 194 Å². The van der Waals surface area contributed by atoms with Crippen molar-refractivity contribution in [1.29, 1.82) is 0 Å². The second kappa shape index (κ2) is 14.5. The minimum atomic E-state index is 0.583. The Kier molecular flexibility index (Phi) is 8.45. The highest BCUT2D eigenvalue weighted by Crippen LogP contribution is 2.43. The van der Waals surface area contributed by atoms with Crippen molar-refractivity contribution in [2.24, 2.45) is 0 Å². The van der Waals surface area contributed by atoms with Gasteiger partial charge in [0.15, 0.2) is 17.5 Å². The van der Waals surface area contributed by atoms with Crippen molar-refractivity contribution in [3.63, 3.8) is 0 Å². The molecule has 0 aliphatic heterocycles. The van der Waals surface area contributed by atoms with Gasteiger partial charge in [-0.05, 0) is 67.9 Å². The van der Waals surface area contributed by atoms with E-state index < -0.39 is 0 Å². The minimum absolute atomic E-state index is 0.583. The summed E-state index contributed by atoms with van der Waals surface area (Å²) in [4.78, 5) is 15.6. The molecule has 0 atom stereocenters. The predicted molar refractivity (Wildman–Crippen MR) is 243 cm³/mol. The number of fused-ring (bicyclic) bond motifs is 4. The fourth-order valence-electron chi connectivity index (χ4n) is 8.23. The first kappa shape index (κ1) is 34.3. The van der Waals surface area contributed by atoms with Crippen molar-refractivity contribution < 1.29 is 4.42 Å². The number of furan rings is 1. The van der Waals surface area contributed by atoms with Crippen LogP contribution in [-0.2, 0) is 0 Å². The Bertz CT molecular complexity index is 3300. The summed E-state index contributed by atoms with van der Waals surface area (Å²) in [6, 6.07) is 74.0. The molecule has 59 heavy (non-hydrogen) atoms. The summed E-state index contributed by atoms with van der Waals surface area (Å²) in [5.41, 5.74) is 13.4. The number of hydrogen-bond donors (Lipinski definition) is 0. The van der Waals surface area contributed by atoms with Gasteiger partial charge < -0.3 is 4.42 Å². The molecule has 4 heteroatoms. The normalized spacial score (nSPS) is 11.4. The number of para-hydroxylation sites is 1. The van der Waals surface area contributed by atoms with Crippen molar-refractivity contribution in [1.82, 2.24) is 15.0 Å². The molecule has 0 aliphatic carbocycles. The van der Waals surface area contributed by atoms with Crippen molar-refractivity contribution in [3.05, 3.63) is 212 Å². The first-order valence-electron chi connectivity index (χ1n) is 19.8. The zero-order valence-electron chi connectivity index (χ0n) is 32.0. The predicted octanol–water partition coefficient (Wildman–Crippen LogP) is 14.6. The van der Waals surface area contributed by atoms with E-state index in [2.05, 4.69) is 182 Å². The number of nitrogens with zero attached hydrogens (tertiary/aromatic N) is 3. The van der Waals surface area contributed by atoms with Gasteiger partial charge in [0.1, 0.15) is 11.2 Å². The molecule has 0 N–H and O–H groups in total. The largest absolute Gasteiger partial charge is 0.455 e. The van der Waals surface area contributed by atoms with Crippen LogP contribution >= 0.6 is 0 Å². The first-order chi connectivity index (χ1) is 29.2. The molecule has 11 rings (SSSR count). The summed E-state index contributed by atoms with van der Waals surface area (Å²) in [5, 5.41) is 4.24. The summed E-state index contributed by atoms with van der Waals surface area (Å²) in [7, 11) is 0. The fraction of sp³-hybridized carbons (Fsp3) is 0. The van der Waals surface area contributed by atoms with E-state index in [1.54, 1.807) is 0 Å². The topological polar surface area (TPSA) is 51.8 Å². The molecule has 11 aromatic rings. The maximum atomic E-state index is 6.79. The highest BCUT2D eigenvalue weighted by atomic mass is 16.3. The highest BCUT2D eigenvalue weighted by Gasteiger charge is 2.21. The van der Waals surface area contributed by atoms with E-state index >= 15 is 0 Å². The summed E-state index contributed by atoms with van der Waals surface area (Å²) < 4.78 is 6.79. The van der Waals surface area contributed by atoms with Crippen molar-refractivity contribution in [2.75, 3.05) is 0 Å². The third-order valence-electron chi connectivity index (χ3n) is 11.2. The average Bonchev–Trinajstić information content (AvgIpc) is 3.71. The standard InChI is InChI=1S/C55H35N3O/c1-4-14-36(15-5-1)38-26-28-40(29-27-38)53-56-54(44-33-32-42-34-41(30-31-43(42)35-44)37-16-6-2-7-17-37)58-55(57-53)49-24-13-25-50-51(49)48-23-12-22-47(52(48)59-50)46-21-11-10-20-45(46)39-18-8-3-9-19-39/h1-35H. The molecule has 4 nitrogen and oxygen atoms in total. The third kappa shape index (κ3) is 6.34. The zero-order valence-corrected chi connectivity index (χ0v) is 32.0. The second-order valence-corrected chi connectivity index (χ2v) is 14.8. The molecule has 9 aromatic carbocycles. The molecule has 0 radical (unpaired) electrons. The summed E-state index contributed by atoms with van der Waals surface area (Å²) in [6.07, 6.45) is 0. The molecule has 0 saturated carbocycles. The van der Waals surface area contributed by atoms with E-state index in [0.717, 1.165) is 82.8 Å². The molecule has 276 valence electrons. The van der Waals surface area contributed by atoms with Crippen molar-refractivity contribution in [2.45, 2.75) is 0 Å². The van der Waals surface area contributed by atoms with Gasteiger partial charge in [0.2, 0.25) is 0 Å². The van der Waals surface area contributed by atoms with Crippen LogP contribution in [0.1, 0.15) is 0 Å². The molecule has 2 heterocycles. The molecule has 0 saturated heterocycles. The lowest BCUT2D eigenvalue weighted by atomic mass is 9.93. The van der Waals surface area contributed by atoms with E-state index in [0.29, 0.717) is 17.5 Å². The van der Waals surface area contributed by atoms with Crippen LogP contribution in [-0.4, -0.2) is 15.0 Å². The summed E-state index contributed by atoms with van der Waals surface area (Å²) in [6.45, 7) is 0. The fourth-order valence-corrected chi connectivity index (χ4v) is 8.23. The Morgan fingerprint density at radius 1 is 0.288 bits per heavy atom. The number of rotatable bonds is 7. The Balaban J connectivity index is 1.08. The number of hydrogen-bond acceptors (Lipinski definition) is 4. The maximum absolute atomic E-state index is 6.79. The second-order valence-electron chi connectivity index (χ2n) is 14.8. The van der Waals surface area contributed by atoms with E-state index in [-0.39, 0.29) is 0 Å². The molecule has 0 bridgehead atoms. The lowest BCUT2D eigenvalue weighted by Gasteiger charge is -2.11. The van der Waals surface area contributed by atoms with Gasteiger partial charge in [-0.25, -0.2) is 15.0 Å². The van der Waals surface area contributed by atoms with Crippen LogP contribution in [0.25, 0.3) is 111 Å². The van der Waals surface area contributed by atoms with E-state index in [9.17, 15) is 0 Å². The third-order valence-corrected chi connectivity index (χ3v) is 11.2. The van der Waals surface area contributed by atoms with Gasteiger partial charge in [-0.15, -0.1) is 0 Å². The Morgan fingerprint density at radius 3 is 1.47 bits per heavy atom. The van der Waals surface area contributed by atoms with Gasteiger partial charge in [-0.2, -0.15) is 0 Å². The SMILES string of the molecule is c1ccc(-c2ccc(-c3nc(-c4ccc5cc(-c6ccccc6)ccc5c4)nc(-c4cccc5oc6c(-c7ccccc7-c7ccccc7)cccc6c45)n3)cc2)cc1. The first-order valence-corrected chi connectivity index (χ1v) is 19.8. The minimum Gasteiger partial charge on any atom is -0.455 e. The number of aromatic nitrogens is 3. The van der Waals surface area contributed by atoms with Crippen molar-refractivity contribution >= 4 is 32.7 Å². The van der Waals surface area contributed by atoms with Gasteiger partial charge in [0, 0.05) is 33.0 Å². The Hall–Kier alpha value is -7.95. The van der Waals surface area contributed by atoms with E-state index in [4.69, 9.17) is 19.4 Å². The van der Waals surface area contributed by atoms with Gasteiger partial charge in [0.05, 0.1) is 0 Å². The average molecular weight is 754 g/mol. The smallest absolute Gasteiger partial charge is 0.164 e. The number of benzene rings is 9. The molecule has 0 amide bonds. The van der Waals surface area contributed by atoms with Crippen LogP contribution in [0.2, 0.25) is 0 Å². The molecule has 2 aromatic heterocycles. The summed E-state index contributed by atoms with van der Waals surface area (Å²) >= 11 is 0. The quantitative estimate of drug-likeness (QED) is 0.163. The molecule has 0 aliphatic rings. The van der Waals surface area contributed by atoms with Gasteiger partial charge >= 0.3 is 0 Å². The van der Waals surface area contributed by atoms with Gasteiger partial charge in [-0.3, -0.25) is 0 Å². The maximum Gasteiger partial charge on any atom is 0.164 e.